The minimum Gasteiger partial charge on any atom is -0.389 e. The zero-order valence-corrected chi connectivity index (χ0v) is 13.2. The van der Waals surface area contributed by atoms with Crippen LogP contribution in [0.5, 0.6) is 0 Å². The molecule has 0 amide bonds. The lowest BCUT2D eigenvalue weighted by atomic mass is 10.1. The summed E-state index contributed by atoms with van der Waals surface area (Å²) in [6.45, 7) is 3.62. The fourth-order valence-electron chi connectivity index (χ4n) is 1.68. The normalized spacial score (nSPS) is 12.4. The maximum absolute atomic E-state index is 9.54. The molecule has 19 heavy (non-hydrogen) atoms. The van der Waals surface area contributed by atoms with Crippen molar-refractivity contribution in [1.29, 1.82) is 0 Å². The highest BCUT2D eigenvalue weighted by atomic mass is 79.9. The highest BCUT2D eigenvalue weighted by molar-refractivity contribution is 9.10. The maximum Gasteiger partial charge on any atom is 0.138 e. The van der Waals surface area contributed by atoms with Gasteiger partial charge in [0.15, 0.2) is 0 Å². The number of hydrogen-bond donors (Lipinski definition) is 1. The lowest BCUT2D eigenvalue weighted by Crippen LogP contribution is -2.02. The molecule has 1 atom stereocenters. The topological polar surface area (TPSA) is 46.0 Å². The smallest absolute Gasteiger partial charge is 0.138 e. The zero-order chi connectivity index (χ0) is 13.8. The van der Waals surface area contributed by atoms with Gasteiger partial charge in [-0.05, 0) is 38.1 Å². The molecule has 0 radical (unpaired) electrons. The van der Waals surface area contributed by atoms with E-state index in [-0.39, 0.29) is 0 Å². The van der Waals surface area contributed by atoms with E-state index in [1.54, 1.807) is 24.9 Å². The van der Waals surface area contributed by atoms with Gasteiger partial charge in [-0.3, -0.25) is 0 Å². The van der Waals surface area contributed by atoms with Crippen LogP contribution < -0.4 is 0 Å². The lowest BCUT2D eigenvalue weighted by Gasteiger charge is -2.08. The van der Waals surface area contributed by atoms with Crippen LogP contribution in [-0.2, 0) is 5.75 Å². The van der Waals surface area contributed by atoms with Crippen LogP contribution in [0, 0.1) is 6.92 Å². The standard InChI is InChI=1S/C14H15BrN2OS/c1-9-13(10(2)18)7-16-14(17-9)8-19-12-5-3-11(15)4-6-12/h3-7,10,18H,8H2,1-2H3. The fourth-order valence-corrected chi connectivity index (χ4v) is 2.71. The van der Waals surface area contributed by atoms with E-state index in [1.165, 1.54) is 4.90 Å². The Balaban J connectivity index is 2.04. The Morgan fingerprint density at radius 3 is 2.58 bits per heavy atom. The van der Waals surface area contributed by atoms with Crippen molar-refractivity contribution in [2.75, 3.05) is 0 Å². The molecule has 0 fully saturated rings. The first-order valence-corrected chi connectivity index (χ1v) is 7.73. The second-order valence-electron chi connectivity index (χ2n) is 4.25. The van der Waals surface area contributed by atoms with Crippen molar-refractivity contribution in [3.63, 3.8) is 0 Å². The summed E-state index contributed by atoms with van der Waals surface area (Å²) in [5.74, 6) is 1.51. The van der Waals surface area contributed by atoms with Crippen LogP contribution in [0.25, 0.3) is 0 Å². The number of aliphatic hydroxyl groups excluding tert-OH is 1. The number of nitrogens with zero attached hydrogens (tertiary/aromatic N) is 2. The minimum atomic E-state index is -0.520. The van der Waals surface area contributed by atoms with Gasteiger partial charge in [-0.15, -0.1) is 11.8 Å². The molecule has 1 aromatic heterocycles. The van der Waals surface area contributed by atoms with Crippen LogP contribution in [0.1, 0.15) is 30.1 Å². The Hall–Kier alpha value is -0.910. The number of benzene rings is 1. The van der Waals surface area contributed by atoms with E-state index in [4.69, 9.17) is 0 Å². The van der Waals surface area contributed by atoms with Gasteiger partial charge in [-0.2, -0.15) is 0 Å². The summed E-state index contributed by atoms with van der Waals surface area (Å²) in [7, 11) is 0. The largest absolute Gasteiger partial charge is 0.389 e. The average molecular weight is 339 g/mol. The van der Waals surface area contributed by atoms with Crippen molar-refractivity contribution < 1.29 is 5.11 Å². The fraction of sp³-hybridized carbons (Fsp3) is 0.286. The molecule has 1 heterocycles. The van der Waals surface area contributed by atoms with Crippen molar-refractivity contribution in [2.45, 2.75) is 30.6 Å². The zero-order valence-electron chi connectivity index (χ0n) is 10.8. The summed E-state index contributed by atoms with van der Waals surface area (Å²) >= 11 is 5.11. The molecule has 1 unspecified atom stereocenters. The molecule has 0 saturated heterocycles. The third-order valence-electron chi connectivity index (χ3n) is 2.70. The second kappa shape index (κ2) is 6.50. The Bertz CT molecular complexity index is 558. The Labute approximate surface area is 125 Å². The molecule has 1 N–H and O–H groups in total. The van der Waals surface area contributed by atoms with Gasteiger partial charge in [-0.1, -0.05) is 15.9 Å². The molecule has 100 valence electrons. The van der Waals surface area contributed by atoms with Crippen molar-refractivity contribution in [2.24, 2.45) is 0 Å². The van der Waals surface area contributed by atoms with Gasteiger partial charge in [0, 0.05) is 26.8 Å². The molecular weight excluding hydrogens is 324 g/mol. The summed E-state index contributed by atoms with van der Waals surface area (Å²) in [6.07, 6.45) is 1.19. The number of hydrogen-bond acceptors (Lipinski definition) is 4. The first-order chi connectivity index (χ1) is 9.06. The number of aryl methyl sites for hydroxylation is 1. The number of thioether (sulfide) groups is 1. The average Bonchev–Trinajstić information content (AvgIpc) is 2.37. The van der Waals surface area contributed by atoms with Gasteiger partial charge < -0.3 is 5.11 Å². The highest BCUT2D eigenvalue weighted by Gasteiger charge is 2.08. The van der Waals surface area contributed by atoms with Crippen molar-refractivity contribution >= 4 is 27.7 Å². The SMILES string of the molecule is Cc1nc(CSc2ccc(Br)cc2)ncc1C(C)O. The van der Waals surface area contributed by atoms with E-state index in [1.807, 2.05) is 19.1 Å². The van der Waals surface area contributed by atoms with Gasteiger partial charge in [0.1, 0.15) is 5.82 Å². The Kier molecular flexibility index (Phi) is 4.96. The second-order valence-corrected chi connectivity index (χ2v) is 6.21. The highest BCUT2D eigenvalue weighted by Crippen LogP contribution is 2.24. The molecule has 0 aliphatic rings. The van der Waals surface area contributed by atoms with Gasteiger partial charge in [0.2, 0.25) is 0 Å². The lowest BCUT2D eigenvalue weighted by molar-refractivity contribution is 0.197. The molecule has 1 aromatic carbocycles. The molecular formula is C14H15BrN2OS. The Morgan fingerprint density at radius 2 is 2.00 bits per heavy atom. The van der Waals surface area contributed by atoms with E-state index >= 15 is 0 Å². The van der Waals surface area contributed by atoms with E-state index in [0.717, 1.165) is 27.3 Å². The van der Waals surface area contributed by atoms with Crippen molar-refractivity contribution in [1.82, 2.24) is 9.97 Å². The van der Waals surface area contributed by atoms with Crippen LogP contribution in [0.15, 0.2) is 39.8 Å². The summed E-state index contributed by atoms with van der Waals surface area (Å²) in [6, 6.07) is 8.16. The molecule has 2 rings (SSSR count). The molecule has 3 nitrogen and oxygen atoms in total. The predicted molar refractivity (Wildman–Crippen MR) is 81.1 cm³/mol. The van der Waals surface area contributed by atoms with Crippen LogP contribution in [0.2, 0.25) is 0 Å². The van der Waals surface area contributed by atoms with E-state index in [0.29, 0.717) is 0 Å². The number of halogens is 1. The van der Waals surface area contributed by atoms with E-state index < -0.39 is 6.10 Å². The van der Waals surface area contributed by atoms with E-state index in [9.17, 15) is 5.11 Å². The van der Waals surface area contributed by atoms with Crippen LogP contribution in [-0.4, -0.2) is 15.1 Å². The molecule has 0 spiro atoms. The number of aromatic nitrogens is 2. The molecule has 0 bridgehead atoms. The third-order valence-corrected chi connectivity index (χ3v) is 4.24. The van der Waals surface area contributed by atoms with Gasteiger partial charge in [-0.25, -0.2) is 9.97 Å². The summed E-state index contributed by atoms with van der Waals surface area (Å²) in [5, 5.41) is 9.54. The monoisotopic (exact) mass is 338 g/mol. The van der Waals surface area contributed by atoms with Gasteiger partial charge in [0.25, 0.3) is 0 Å². The minimum absolute atomic E-state index is 0.520. The third kappa shape index (κ3) is 4.03. The summed E-state index contributed by atoms with van der Waals surface area (Å²) < 4.78 is 1.07. The van der Waals surface area contributed by atoms with Gasteiger partial charge in [0.05, 0.1) is 11.9 Å². The quantitative estimate of drug-likeness (QED) is 0.859. The molecule has 0 aliphatic carbocycles. The van der Waals surface area contributed by atoms with E-state index in [2.05, 4.69) is 38.0 Å². The van der Waals surface area contributed by atoms with Crippen molar-refractivity contribution in [3.8, 4) is 0 Å². The summed E-state index contributed by atoms with van der Waals surface area (Å²) in [4.78, 5) is 9.90. The van der Waals surface area contributed by atoms with Crippen LogP contribution in [0.3, 0.4) is 0 Å². The number of aliphatic hydroxyl groups is 1. The molecule has 5 heteroatoms. The molecule has 0 aliphatic heterocycles. The molecule has 2 aromatic rings. The maximum atomic E-state index is 9.54. The summed E-state index contributed by atoms with van der Waals surface area (Å²) in [5.41, 5.74) is 1.63. The first kappa shape index (κ1) is 14.5. The first-order valence-electron chi connectivity index (χ1n) is 5.95. The van der Waals surface area contributed by atoms with Crippen LogP contribution in [0.4, 0.5) is 0 Å². The molecule has 0 saturated carbocycles. The number of rotatable bonds is 4. The predicted octanol–water partition coefficient (Wildman–Crippen LogP) is 3.89. The Morgan fingerprint density at radius 1 is 1.32 bits per heavy atom. The van der Waals surface area contributed by atoms with Gasteiger partial charge >= 0.3 is 0 Å². The van der Waals surface area contributed by atoms with Crippen LogP contribution >= 0.6 is 27.7 Å². The van der Waals surface area contributed by atoms with Crippen molar-refractivity contribution in [3.05, 3.63) is 52.0 Å².